The molecule has 1 fully saturated rings. The summed E-state index contributed by atoms with van der Waals surface area (Å²) in [5.41, 5.74) is 3.59. The van der Waals surface area contributed by atoms with Crippen molar-refractivity contribution in [3.05, 3.63) is 17.0 Å². The summed E-state index contributed by atoms with van der Waals surface area (Å²) in [6, 6.07) is 0.176. The summed E-state index contributed by atoms with van der Waals surface area (Å²) in [7, 11) is -1.20. The molecule has 0 amide bonds. The SMILES string of the molecule is CCCS(=O)(=O)N(Cc1nn(C)c2c1CCC2)C1CCCC1. The highest BCUT2D eigenvalue weighted by Gasteiger charge is 2.33. The van der Waals surface area contributed by atoms with Crippen LogP contribution in [0.3, 0.4) is 0 Å². The van der Waals surface area contributed by atoms with Crippen molar-refractivity contribution in [1.29, 1.82) is 0 Å². The minimum atomic E-state index is -3.18. The van der Waals surface area contributed by atoms with Gasteiger partial charge in [0.05, 0.1) is 18.0 Å². The molecule has 0 saturated heterocycles. The zero-order valence-electron chi connectivity index (χ0n) is 13.7. The number of hydrogen-bond acceptors (Lipinski definition) is 3. The standard InChI is InChI=1S/C16H27N3O2S/c1-3-11-22(20,21)19(13-7-4-5-8-13)12-15-14-9-6-10-16(14)18(2)17-15/h13H,3-12H2,1-2H3. The van der Waals surface area contributed by atoms with Crippen molar-refractivity contribution < 1.29 is 8.42 Å². The number of fused-ring (bicyclic) bond motifs is 1. The lowest BCUT2D eigenvalue weighted by molar-refractivity contribution is 0.311. The van der Waals surface area contributed by atoms with E-state index in [0.717, 1.165) is 44.2 Å². The molecule has 2 aliphatic carbocycles. The highest BCUT2D eigenvalue weighted by Crippen LogP contribution is 2.31. The van der Waals surface area contributed by atoms with E-state index in [0.29, 0.717) is 13.0 Å². The van der Waals surface area contributed by atoms with E-state index in [1.54, 1.807) is 4.31 Å². The minimum Gasteiger partial charge on any atom is -0.272 e. The Hall–Kier alpha value is -0.880. The van der Waals surface area contributed by atoms with Crippen molar-refractivity contribution in [1.82, 2.24) is 14.1 Å². The number of nitrogens with zero attached hydrogens (tertiary/aromatic N) is 3. The molecule has 6 heteroatoms. The maximum absolute atomic E-state index is 12.7. The van der Waals surface area contributed by atoms with Crippen LogP contribution in [0, 0.1) is 0 Å². The largest absolute Gasteiger partial charge is 0.272 e. The highest BCUT2D eigenvalue weighted by atomic mass is 32.2. The second-order valence-corrected chi connectivity index (χ2v) is 8.69. The van der Waals surface area contributed by atoms with Crippen LogP contribution < -0.4 is 0 Å². The number of hydrogen-bond donors (Lipinski definition) is 0. The van der Waals surface area contributed by atoms with Crippen LogP contribution in [-0.4, -0.2) is 34.3 Å². The lowest BCUT2D eigenvalue weighted by Crippen LogP contribution is -2.39. The smallest absolute Gasteiger partial charge is 0.214 e. The van der Waals surface area contributed by atoms with E-state index in [1.807, 2.05) is 18.7 Å². The normalized spacial score (nSPS) is 19.2. The fourth-order valence-electron chi connectivity index (χ4n) is 3.99. The van der Waals surface area contributed by atoms with Gasteiger partial charge in [0.15, 0.2) is 0 Å². The molecule has 1 aromatic heterocycles. The highest BCUT2D eigenvalue weighted by molar-refractivity contribution is 7.89. The van der Waals surface area contributed by atoms with Crippen LogP contribution in [0.25, 0.3) is 0 Å². The van der Waals surface area contributed by atoms with Crippen LogP contribution in [-0.2, 0) is 36.5 Å². The molecule has 0 N–H and O–H groups in total. The lowest BCUT2D eigenvalue weighted by atomic mass is 10.2. The summed E-state index contributed by atoms with van der Waals surface area (Å²) in [5.74, 6) is 0.249. The van der Waals surface area contributed by atoms with Gasteiger partial charge in [0.1, 0.15) is 0 Å². The van der Waals surface area contributed by atoms with Gasteiger partial charge in [0.2, 0.25) is 10.0 Å². The van der Waals surface area contributed by atoms with Gasteiger partial charge in [-0.1, -0.05) is 19.8 Å². The van der Waals surface area contributed by atoms with Gasteiger partial charge < -0.3 is 0 Å². The Kier molecular flexibility index (Phi) is 4.59. The average Bonchev–Trinajstić information content (AvgIpc) is 3.15. The molecule has 3 rings (SSSR count). The van der Waals surface area contributed by atoms with E-state index in [4.69, 9.17) is 0 Å². The quantitative estimate of drug-likeness (QED) is 0.807. The van der Waals surface area contributed by atoms with Crippen molar-refractivity contribution in [2.75, 3.05) is 5.75 Å². The fraction of sp³-hybridized carbons (Fsp3) is 0.812. The summed E-state index contributed by atoms with van der Waals surface area (Å²) in [6.45, 7) is 2.40. The third-order valence-electron chi connectivity index (χ3n) is 5.06. The summed E-state index contributed by atoms with van der Waals surface area (Å²) in [6.07, 6.45) is 8.24. The van der Waals surface area contributed by atoms with E-state index in [9.17, 15) is 8.42 Å². The molecular formula is C16H27N3O2S. The molecule has 5 nitrogen and oxygen atoms in total. The molecule has 0 spiro atoms. The molecular weight excluding hydrogens is 298 g/mol. The third kappa shape index (κ3) is 2.95. The third-order valence-corrected chi connectivity index (χ3v) is 7.12. The Morgan fingerprint density at radius 2 is 1.95 bits per heavy atom. The van der Waals surface area contributed by atoms with Gasteiger partial charge in [-0.2, -0.15) is 9.40 Å². The van der Waals surface area contributed by atoms with Crippen LogP contribution in [0.5, 0.6) is 0 Å². The second kappa shape index (κ2) is 6.32. The van der Waals surface area contributed by atoms with Crippen molar-refractivity contribution in [2.45, 2.75) is 70.9 Å². The van der Waals surface area contributed by atoms with E-state index in [1.165, 1.54) is 17.7 Å². The summed E-state index contributed by atoms with van der Waals surface area (Å²) >= 11 is 0. The topological polar surface area (TPSA) is 55.2 Å². The summed E-state index contributed by atoms with van der Waals surface area (Å²) in [4.78, 5) is 0. The summed E-state index contributed by atoms with van der Waals surface area (Å²) in [5, 5.41) is 4.63. The zero-order chi connectivity index (χ0) is 15.7. The second-order valence-electron chi connectivity index (χ2n) is 6.65. The van der Waals surface area contributed by atoms with Crippen LogP contribution in [0.15, 0.2) is 0 Å². The van der Waals surface area contributed by atoms with Gasteiger partial charge >= 0.3 is 0 Å². The Morgan fingerprint density at radius 3 is 2.64 bits per heavy atom. The van der Waals surface area contributed by atoms with Gasteiger partial charge in [-0.25, -0.2) is 8.42 Å². The van der Waals surface area contributed by atoms with Crippen molar-refractivity contribution in [2.24, 2.45) is 7.05 Å². The van der Waals surface area contributed by atoms with Gasteiger partial charge in [-0.3, -0.25) is 4.68 Å². The molecule has 0 atom stereocenters. The molecule has 1 heterocycles. The molecule has 0 unspecified atom stereocenters. The molecule has 1 aromatic rings. The first kappa shape index (κ1) is 16.0. The van der Waals surface area contributed by atoms with Gasteiger partial charge in [0.25, 0.3) is 0 Å². The molecule has 2 aliphatic rings. The van der Waals surface area contributed by atoms with E-state index >= 15 is 0 Å². The first-order chi connectivity index (χ1) is 10.5. The first-order valence-electron chi connectivity index (χ1n) is 8.56. The van der Waals surface area contributed by atoms with Crippen LogP contribution in [0.1, 0.15) is 62.4 Å². The average molecular weight is 325 g/mol. The number of aryl methyl sites for hydroxylation is 1. The number of sulfonamides is 1. The van der Waals surface area contributed by atoms with Crippen molar-refractivity contribution >= 4 is 10.0 Å². The Morgan fingerprint density at radius 1 is 1.23 bits per heavy atom. The maximum Gasteiger partial charge on any atom is 0.214 e. The van der Waals surface area contributed by atoms with Crippen molar-refractivity contribution in [3.8, 4) is 0 Å². The van der Waals surface area contributed by atoms with Gasteiger partial charge in [0, 0.05) is 18.8 Å². The van der Waals surface area contributed by atoms with Gasteiger partial charge in [-0.15, -0.1) is 0 Å². The number of rotatable bonds is 6. The van der Waals surface area contributed by atoms with Crippen LogP contribution in [0.2, 0.25) is 0 Å². The molecule has 0 aliphatic heterocycles. The zero-order valence-corrected chi connectivity index (χ0v) is 14.5. The summed E-state index contributed by atoms with van der Waals surface area (Å²) < 4.78 is 29.2. The maximum atomic E-state index is 12.7. The van der Waals surface area contributed by atoms with Gasteiger partial charge in [-0.05, 0) is 44.1 Å². The Bertz CT molecular complexity index is 630. The Labute approximate surface area is 133 Å². The van der Waals surface area contributed by atoms with E-state index < -0.39 is 10.0 Å². The molecule has 0 radical (unpaired) electrons. The van der Waals surface area contributed by atoms with Crippen molar-refractivity contribution in [3.63, 3.8) is 0 Å². The first-order valence-corrected chi connectivity index (χ1v) is 10.2. The molecule has 124 valence electrons. The minimum absolute atomic E-state index is 0.176. The van der Waals surface area contributed by atoms with Crippen LogP contribution in [0.4, 0.5) is 0 Å². The van der Waals surface area contributed by atoms with E-state index in [-0.39, 0.29) is 11.8 Å². The van der Waals surface area contributed by atoms with Crippen LogP contribution >= 0.6 is 0 Å². The molecule has 1 saturated carbocycles. The number of aromatic nitrogens is 2. The molecule has 22 heavy (non-hydrogen) atoms. The van der Waals surface area contributed by atoms with E-state index in [2.05, 4.69) is 5.10 Å². The predicted octanol–water partition coefficient (Wildman–Crippen LogP) is 2.39. The lowest BCUT2D eigenvalue weighted by Gasteiger charge is -2.27. The fourth-order valence-corrected chi connectivity index (χ4v) is 5.73. The molecule has 0 bridgehead atoms. The monoisotopic (exact) mass is 325 g/mol. The molecule has 0 aromatic carbocycles. The predicted molar refractivity (Wildman–Crippen MR) is 87.1 cm³/mol. The Balaban J connectivity index is 1.88.